The van der Waals surface area contributed by atoms with E-state index < -0.39 is 0 Å². The van der Waals surface area contributed by atoms with E-state index in [0.717, 1.165) is 22.6 Å². The van der Waals surface area contributed by atoms with Crippen molar-refractivity contribution < 1.29 is 4.79 Å². The SMILES string of the molecule is CC(C)(C)C1=CC(Cc2ccc(Cl)cc2)C=C(C(C)(C)C)C1=O.[B]. The molecule has 0 amide bonds. The Balaban J connectivity index is 0.00000288. The highest BCUT2D eigenvalue weighted by molar-refractivity contribution is 6.30. The predicted molar refractivity (Wildman–Crippen MR) is 104 cm³/mol. The highest BCUT2D eigenvalue weighted by atomic mass is 35.5. The summed E-state index contributed by atoms with van der Waals surface area (Å²) in [4.78, 5) is 12.9. The number of carbonyl (C=O) groups excluding carboxylic acids is 1. The van der Waals surface area contributed by atoms with E-state index in [-0.39, 0.29) is 30.9 Å². The smallest absolute Gasteiger partial charge is 0.185 e. The number of ketones is 1. The topological polar surface area (TPSA) is 17.1 Å². The second-order valence-corrected chi connectivity index (χ2v) is 8.92. The van der Waals surface area contributed by atoms with Gasteiger partial charge in [-0.3, -0.25) is 4.79 Å². The summed E-state index contributed by atoms with van der Waals surface area (Å²) in [5.41, 5.74) is 2.83. The summed E-state index contributed by atoms with van der Waals surface area (Å²) < 4.78 is 0. The molecule has 24 heavy (non-hydrogen) atoms. The maximum Gasteiger partial charge on any atom is 0.185 e. The van der Waals surface area contributed by atoms with Crippen molar-refractivity contribution in [2.75, 3.05) is 0 Å². The van der Waals surface area contributed by atoms with Crippen molar-refractivity contribution in [3.8, 4) is 0 Å². The van der Waals surface area contributed by atoms with Crippen molar-refractivity contribution in [3.05, 3.63) is 58.1 Å². The molecule has 1 nitrogen and oxygen atoms in total. The maximum atomic E-state index is 12.9. The van der Waals surface area contributed by atoms with Crippen LogP contribution in [0.3, 0.4) is 0 Å². The first kappa shape index (κ1) is 20.8. The van der Waals surface area contributed by atoms with Crippen molar-refractivity contribution in [1.29, 1.82) is 0 Å². The van der Waals surface area contributed by atoms with Crippen LogP contribution in [-0.2, 0) is 11.2 Å². The van der Waals surface area contributed by atoms with Crippen LogP contribution >= 0.6 is 11.6 Å². The molecule has 1 aliphatic carbocycles. The molecule has 0 bridgehead atoms. The van der Waals surface area contributed by atoms with E-state index in [1.165, 1.54) is 5.56 Å². The number of hydrogen-bond acceptors (Lipinski definition) is 1. The summed E-state index contributed by atoms with van der Waals surface area (Å²) >= 11 is 5.97. The van der Waals surface area contributed by atoms with Gasteiger partial charge in [0.05, 0.1) is 0 Å². The van der Waals surface area contributed by atoms with E-state index in [9.17, 15) is 4.79 Å². The molecule has 0 atom stereocenters. The lowest BCUT2D eigenvalue weighted by Gasteiger charge is -2.33. The van der Waals surface area contributed by atoms with Crippen LogP contribution in [0, 0.1) is 16.7 Å². The molecule has 127 valence electrons. The van der Waals surface area contributed by atoms with Crippen molar-refractivity contribution in [2.45, 2.75) is 48.0 Å². The van der Waals surface area contributed by atoms with Crippen molar-refractivity contribution in [3.63, 3.8) is 0 Å². The van der Waals surface area contributed by atoms with Crippen molar-refractivity contribution in [2.24, 2.45) is 16.7 Å². The molecule has 0 fully saturated rings. The molecular weight excluding hydrogens is 314 g/mol. The van der Waals surface area contributed by atoms with Gasteiger partial charge in [0.1, 0.15) is 0 Å². The van der Waals surface area contributed by atoms with Gasteiger partial charge in [-0.2, -0.15) is 0 Å². The molecular formula is C21H27BClO. The molecule has 3 radical (unpaired) electrons. The highest BCUT2D eigenvalue weighted by Crippen LogP contribution is 2.39. The molecule has 0 saturated heterocycles. The number of benzene rings is 1. The fourth-order valence-corrected chi connectivity index (χ4v) is 3.09. The number of halogens is 1. The minimum Gasteiger partial charge on any atom is -0.289 e. The van der Waals surface area contributed by atoms with Gasteiger partial charge < -0.3 is 0 Å². The van der Waals surface area contributed by atoms with Crippen LogP contribution in [0.4, 0.5) is 0 Å². The molecule has 0 spiro atoms. The van der Waals surface area contributed by atoms with Crippen LogP contribution in [0.15, 0.2) is 47.6 Å². The van der Waals surface area contributed by atoms with Crippen LogP contribution in [0.1, 0.15) is 47.1 Å². The van der Waals surface area contributed by atoms with Gasteiger partial charge in [-0.1, -0.05) is 77.4 Å². The maximum absolute atomic E-state index is 12.9. The second-order valence-electron chi connectivity index (χ2n) is 8.48. The molecule has 0 aromatic heterocycles. The van der Waals surface area contributed by atoms with Crippen LogP contribution in [0.25, 0.3) is 0 Å². The normalized spacial score (nSPS) is 16.4. The fourth-order valence-electron chi connectivity index (χ4n) is 2.96. The Morgan fingerprint density at radius 1 is 0.875 bits per heavy atom. The Kier molecular flexibility index (Phi) is 6.33. The largest absolute Gasteiger partial charge is 0.289 e. The molecule has 0 N–H and O–H groups in total. The Morgan fingerprint density at radius 2 is 1.29 bits per heavy atom. The highest BCUT2D eigenvalue weighted by Gasteiger charge is 2.35. The molecule has 0 unspecified atom stereocenters. The lowest BCUT2D eigenvalue weighted by Crippen LogP contribution is -2.29. The van der Waals surface area contributed by atoms with E-state index in [1.807, 2.05) is 12.1 Å². The van der Waals surface area contributed by atoms with E-state index in [1.54, 1.807) is 0 Å². The first-order chi connectivity index (χ1) is 10.5. The van der Waals surface area contributed by atoms with Gasteiger partial charge in [0.25, 0.3) is 0 Å². The summed E-state index contributed by atoms with van der Waals surface area (Å²) in [5.74, 6) is 0.453. The van der Waals surface area contributed by atoms with Crippen molar-refractivity contribution in [1.82, 2.24) is 0 Å². The third kappa shape index (κ3) is 4.86. The molecule has 1 aromatic carbocycles. The minimum atomic E-state index is -0.139. The lowest BCUT2D eigenvalue weighted by molar-refractivity contribution is -0.114. The first-order valence-corrected chi connectivity index (χ1v) is 8.60. The molecule has 1 aromatic rings. The van der Waals surface area contributed by atoms with Gasteiger partial charge in [-0.05, 0) is 34.9 Å². The quantitative estimate of drug-likeness (QED) is 0.636. The van der Waals surface area contributed by atoms with Crippen LogP contribution in [0.2, 0.25) is 5.02 Å². The molecule has 2 rings (SSSR count). The molecule has 0 aliphatic heterocycles. The van der Waals surface area contributed by atoms with Gasteiger partial charge in [0.2, 0.25) is 0 Å². The molecule has 3 heteroatoms. The first-order valence-electron chi connectivity index (χ1n) is 8.22. The predicted octanol–water partition coefficient (Wildman–Crippen LogP) is 5.65. The summed E-state index contributed by atoms with van der Waals surface area (Å²) in [6.45, 7) is 12.7. The third-order valence-electron chi connectivity index (χ3n) is 4.25. The summed E-state index contributed by atoms with van der Waals surface area (Å²) in [6, 6.07) is 7.98. The Hall–Kier alpha value is -1.28. The average Bonchev–Trinajstić information content (AvgIpc) is 2.40. The number of allylic oxidation sites excluding steroid dienone is 4. The molecule has 0 heterocycles. The standard InChI is InChI=1S/C21H27ClO.B/c1-20(2,3)17-12-15(11-14-7-9-16(22)10-8-14)13-18(19(17)23)21(4,5)6;/h7-10,12-13,15H,11H2,1-6H3;. The Morgan fingerprint density at radius 3 is 1.67 bits per heavy atom. The van der Waals surface area contributed by atoms with Gasteiger partial charge in [0.15, 0.2) is 5.78 Å². The number of hydrogen-bond donors (Lipinski definition) is 0. The molecule has 1 aliphatic rings. The van der Waals surface area contributed by atoms with Gasteiger partial charge in [-0.25, -0.2) is 0 Å². The summed E-state index contributed by atoms with van der Waals surface area (Å²) in [5, 5.41) is 0.754. The van der Waals surface area contributed by atoms with Gasteiger partial charge in [0, 0.05) is 30.5 Å². The van der Waals surface area contributed by atoms with E-state index in [4.69, 9.17) is 11.6 Å². The van der Waals surface area contributed by atoms with Crippen LogP contribution in [0.5, 0.6) is 0 Å². The monoisotopic (exact) mass is 341 g/mol. The lowest BCUT2D eigenvalue weighted by atomic mass is 9.70. The Labute approximate surface area is 153 Å². The number of rotatable bonds is 2. The third-order valence-corrected chi connectivity index (χ3v) is 4.50. The summed E-state index contributed by atoms with van der Waals surface area (Å²) in [7, 11) is 0. The molecule has 0 saturated carbocycles. The van der Waals surface area contributed by atoms with E-state index in [2.05, 4.69) is 65.8 Å². The second kappa shape index (κ2) is 7.31. The number of carbonyl (C=O) groups is 1. The van der Waals surface area contributed by atoms with Gasteiger partial charge >= 0.3 is 0 Å². The zero-order valence-corrected chi connectivity index (χ0v) is 16.4. The van der Waals surface area contributed by atoms with Gasteiger partial charge in [-0.15, -0.1) is 0 Å². The minimum absolute atomic E-state index is 0. The summed E-state index contributed by atoms with van der Waals surface area (Å²) in [6.07, 6.45) is 5.21. The number of Topliss-reactive ketones (excluding diaryl/α,β-unsaturated/α-hetero) is 1. The van der Waals surface area contributed by atoms with E-state index >= 15 is 0 Å². The van der Waals surface area contributed by atoms with E-state index in [0.29, 0.717) is 0 Å². The average molecular weight is 342 g/mol. The van der Waals surface area contributed by atoms with Crippen LogP contribution in [-0.4, -0.2) is 14.2 Å². The fraction of sp³-hybridized carbons (Fsp3) is 0.476. The van der Waals surface area contributed by atoms with Crippen LogP contribution < -0.4 is 0 Å². The zero-order valence-electron chi connectivity index (χ0n) is 15.6. The zero-order chi connectivity index (χ0) is 17.4. The Bertz CT molecular complexity index is 621. The van der Waals surface area contributed by atoms with Crippen molar-refractivity contribution >= 4 is 25.8 Å².